The molecule has 4 nitrogen and oxygen atoms in total. The van der Waals surface area contributed by atoms with Crippen LogP contribution in [0.5, 0.6) is 0 Å². The maximum absolute atomic E-state index is 10.6. The molecule has 1 aromatic carbocycles. The first-order chi connectivity index (χ1) is 5.82. The Morgan fingerprint density at radius 1 is 1.43 bits per heavy atom. The average molecular weight is 244 g/mol. The van der Waals surface area contributed by atoms with Gasteiger partial charge in [-0.3, -0.25) is 0 Å². The van der Waals surface area contributed by atoms with Gasteiger partial charge in [0.15, 0.2) is 0 Å². The molecule has 0 atom stereocenters. The zero-order chi connectivity index (χ0) is 10.2. The Balaban J connectivity index is 0.00000169. The van der Waals surface area contributed by atoms with E-state index in [0.717, 1.165) is 12.1 Å². The number of hydrogen-bond acceptors (Lipinski definition) is 4. The van der Waals surface area contributed by atoms with Gasteiger partial charge in [-0.25, -0.2) is 8.42 Å². The minimum atomic E-state index is -4.48. The number of nitrogen functional groups attached to an aromatic ring is 1. The van der Waals surface area contributed by atoms with Gasteiger partial charge in [0.05, 0.1) is 4.90 Å². The van der Waals surface area contributed by atoms with Crippen molar-refractivity contribution in [1.82, 2.24) is 0 Å². The summed E-state index contributed by atoms with van der Waals surface area (Å²) in [6, 6.07) is 2.19. The van der Waals surface area contributed by atoms with Crippen molar-refractivity contribution in [3.63, 3.8) is 0 Å². The van der Waals surface area contributed by atoms with Crippen LogP contribution in [0.25, 0.3) is 0 Å². The summed E-state index contributed by atoms with van der Waals surface area (Å²) in [6.45, 7) is 1.64. The second-order valence-electron chi connectivity index (χ2n) is 2.57. The van der Waals surface area contributed by atoms with Gasteiger partial charge in [-0.05, 0) is 24.6 Å². The number of nitrogens with two attached hydrogens (primary N) is 1. The van der Waals surface area contributed by atoms with Crippen LogP contribution in [0.1, 0.15) is 5.56 Å². The monoisotopic (exact) mass is 243 g/mol. The van der Waals surface area contributed by atoms with Crippen molar-refractivity contribution in [2.75, 3.05) is 5.73 Å². The summed E-state index contributed by atoms with van der Waals surface area (Å²) >= 11 is 5.64. The molecule has 1 rings (SSSR count). The van der Waals surface area contributed by atoms with E-state index >= 15 is 0 Å². The van der Waals surface area contributed by atoms with Crippen molar-refractivity contribution in [3.05, 3.63) is 22.7 Å². The predicted octanol–water partition coefficient (Wildman–Crippen LogP) is -1.86. The molecule has 0 aromatic heterocycles. The molecular weight excluding hydrogens is 237 g/mol. The van der Waals surface area contributed by atoms with Gasteiger partial charge in [-0.1, -0.05) is 11.6 Å². The molecule has 0 saturated heterocycles. The van der Waals surface area contributed by atoms with Gasteiger partial charge >= 0.3 is 29.6 Å². The SMILES string of the molecule is Cc1c(N)cc(S(=O)(=O)[O-])cc1Cl.[Na+]. The molecular formula is C7H7ClNNaO3S. The largest absolute Gasteiger partial charge is 1.00 e. The molecule has 0 spiro atoms. The molecule has 14 heavy (non-hydrogen) atoms. The van der Waals surface area contributed by atoms with E-state index in [-0.39, 0.29) is 40.3 Å². The summed E-state index contributed by atoms with van der Waals surface area (Å²) in [5.74, 6) is 0. The second kappa shape index (κ2) is 4.83. The Morgan fingerprint density at radius 3 is 2.29 bits per heavy atom. The third-order valence-corrected chi connectivity index (χ3v) is 2.85. The van der Waals surface area contributed by atoms with Gasteiger partial charge in [-0.15, -0.1) is 0 Å². The fraction of sp³-hybridized carbons (Fsp3) is 0.143. The Morgan fingerprint density at radius 2 is 1.93 bits per heavy atom. The molecule has 2 N–H and O–H groups in total. The molecule has 0 aliphatic heterocycles. The Kier molecular flexibility index (Phi) is 4.90. The quantitative estimate of drug-likeness (QED) is 0.356. The van der Waals surface area contributed by atoms with Crippen molar-refractivity contribution in [2.45, 2.75) is 11.8 Å². The molecule has 0 heterocycles. The van der Waals surface area contributed by atoms with Gasteiger partial charge in [0.2, 0.25) is 0 Å². The minimum Gasteiger partial charge on any atom is -0.744 e. The first kappa shape index (κ1) is 14.2. The fourth-order valence-electron chi connectivity index (χ4n) is 0.819. The van der Waals surface area contributed by atoms with E-state index in [4.69, 9.17) is 17.3 Å². The third kappa shape index (κ3) is 3.12. The molecule has 0 radical (unpaired) electrons. The molecule has 0 unspecified atom stereocenters. The van der Waals surface area contributed by atoms with Gasteiger partial charge in [0, 0.05) is 10.7 Å². The van der Waals surface area contributed by atoms with Crippen molar-refractivity contribution in [1.29, 1.82) is 0 Å². The van der Waals surface area contributed by atoms with E-state index in [1.807, 2.05) is 0 Å². The molecule has 0 aliphatic rings. The first-order valence-corrected chi connectivity index (χ1v) is 5.12. The Hall–Kier alpha value is 0.220. The Bertz CT molecular complexity index is 423. The van der Waals surface area contributed by atoms with Crippen molar-refractivity contribution in [3.8, 4) is 0 Å². The summed E-state index contributed by atoms with van der Waals surface area (Å²) in [4.78, 5) is -0.402. The summed E-state index contributed by atoms with van der Waals surface area (Å²) in [5, 5.41) is 0.175. The minimum absolute atomic E-state index is 0. The van der Waals surface area contributed by atoms with Gasteiger partial charge in [-0.2, -0.15) is 0 Å². The Labute approximate surface area is 109 Å². The number of halogens is 1. The molecule has 0 bridgehead atoms. The second-order valence-corrected chi connectivity index (χ2v) is 4.36. The summed E-state index contributed by atoms with van der Waals surface area (Å²) in [7, 11) is -4.48. The predicted molar refractivity (Wildman–Crippen MR) is 48.6 cm³/mol. The van der Waals surface area contributed by atoms with Crippen LogP contribution in [0.15, 0.2) is 17.0 Å². The van der Waals surface area contributed by atoms with E-state index in [0.29, 0.717) is 5.56 Å². The molecule has 1 aromatic rings. The number of rotatable bonds is 1. The first-order valence-electron chi connectivity index (χ1n) is 3.34. The van der Waals surface area contributed by atoms with E-state index in [2.05, 4.69) is 0 Å². The van der Waals surface area contributed by atoms with Crippen LogP contribution in [0.4, 0.5) is 5.69 Å². The molecule has 0 aliphatic carbocycles. The van der Waals surface area contributed by atoms with Gasteiger partial charge in [0.25, 0.3) is 0 Å². The zero-order valence-electron chi connectivity index (χ0n) is 7.74. The number of anilines is 1. The van der Waals surface area contributed by atoms with E-state index in [1.54, 1.807) is 6.92 Å². The van der Waals surface area contributed by atoms with Crippen LogP contribution < -0.4 is 35.3 Å². The van der Waals surface area contributed by atoms with Crippen molar-refractivity contribution >= 4 is 27.4 Å². The summed E-state index contributed by atoms with van der Waals surface area (Å²) in [5.41, 5.74) is 6.19. The average Bonchev–Trinajstić information content (AvgIpc) is 1.97. The molecule has 7 heteroatoms. The number of hydrogen-bond donors (Lipinski definition) is 1. The van der Waals surface area contributed by atoms with Gasteiger partial charge < -0.3 is 10.3 Å². The van der Waals surface area contributed by atoms with Crippen LogP contribution in [-0.4, -0.2) is 13.0 Å². The summed E-state index contributed by atoms with van der Waals surface area (Å²) < 4.78 is 31.7. The van der Waals surface area contributed by atoms with Crippen LogP contribution in [0.3, 0.4) is 0 Å². The molecule has 72 valence electrons. The van der Waals surface area contributed by atoms with Crippen molar-refractivity contribution < 1.29 is 42.5 Å². The third-order valence-electron chi connectivity index (χ3n) is 1.65. The molecule has 0 amide bonds. The zero-order valence-corrected chi connectivity index (χ0v) is 11.3. The normalized spacial score (nSPS) is 10.8. The maximum atomic E-state index is 10.6. The van der Waals surface area contributed by atoms with Crippen LogP contribution in [0.2, 0.25) is 5.02 Å². The van der Waals surface area contributed by atoms with Gasteiger partial charge in [0.1, 0.15) is 10.1 Å². The van der Waals surface area contributed by atoms with Crippen LogP contribution in [-0.2, 0) is 10.1 Å². The van der Waals surface area contributed by atoms with Crippen molar-refractivity contribution in [2.24, 2.45) is 0 Å². The summed E-state index contributed by atoms with van der Waals surface area (Å²) in [6.07, 6.45) is 0. The molecule has 0 saturated carbocycles. The number of benzene rings is 1. The van der Waals surface area contributed by atoms with E-state index < -0.39 is 15.0 Å². The topological polar surface area (TPSA) is 83.2 Å². The van der Waals surface area contributed by atoms with E-state index in [9.17, 15) is 13.0 Å². The smallest absolute Gasteiger partial charge is 0.744 e. The van der Waals surface area contributed by atoms with Crippen LogP contribution >= 0.6 is 11.6 Å². The molecule has 0 fully saturated rings. The van der Waals surface area contributed by atoms with E-state index in [1.165, 1.54) is 0 Å². The fourth-order valence-corrected chi connectivity index (χ4v) is 1.64. The van der Waals surface area contributed by atoms with Crippen LogP contribution in [0, 0.1) is 6.92 Å². The standard InChI is InChI=1S/C7H8ClNO3S.Na/c1-4-6(8)2-5(3-7(4)9)13(10,11)12;/h2-3H,9H2,1H3,(H,10,11,12);/q;+1/p-1. The maximum Gasteiger partial charge on any atom is 1.00 e.